The smallest absolute Gasteiger partial charge is 0.408 e. The van der Waals surface area contributed by atoms with E-state index in [-0.39, 0.29) is 0 Å². The molecule has 0 aromatic heterocycles. The van der Waals surface area contributed by atoms with E-state index in [1.54, 1.807) is 20.8 Å². The van der Waals surface area contributed by atoms with E-state index in [0.717, 1.165) is 0 Å². The maximum Gasteiger partial charge on any atom is 0.408 e. The number of aliphatic hydroxyl groups is 1. The van der Waals surface area contributed by atoms with E-state index in [1.807, 2.05) is 0 Å². The van der Waals surface area contributed by atoms with Crippen LogP contribution in [-0.2, 0) is 9.53 Å². The molecule has 0 aliphatic rings. The summed E-state index contributed by atoms with van der Waals surface area (Å²) < 4.78 is 4.84. The van der Waals surface area contributed by atoms with Crippen LogP contribution in [0.4, 0.5) is 4.79 Å². The summed E-state index contributed by atoms with van der Waals surface area (Å²) in [6, 6.07) is -1.36. The van der Waals surface area contributed by atoms with Gasteiger partial charge in [-0.05, 0) is 27.7 Å². The fourth-order valence-electron chi connectivity index (χ4n) is 0.823. The van der Waals surface area contributed by atoms with Gasteiger partial charge in [-0.1, -0.05) is 0 Å². The molecule has 2 atom stereocenters. The number of ether oxygens (including phenoxy) is 1. The highest BCUT2D eigenvalue weighted by molar-refractivity contribution is 5.80. The fourth-order valence-corrected chi connectivity index (χ4v) is 0.823. The standard InChI is InChI=1S/C9H17NO5/c1-5(11)6(7(12)13)10-8(14)15-9(2,3)4/h5-6,11H,1-4H3,(H,10,14)(H,12,13)/t5?,6-/m1/s1. The highest BCUT2D eigenvalue weighted by Crippen LogP contribution is 2.07. The van der Waals surface area contributed by atoms with Crippen LogP contribution in [0.1, 0.15) is 27.7 Å². The molecular weight excluding hydrogens is 202 g/mol. The highest BCUT2D eigenvalue weighted by Gasteiger charge is 2.27. The SMILES string of the molecule is CC(O)[C@@H](NC(=O)OC(C)(C)C)C(=O)O. The third kappa shape index (κ3) is 5.90. The van der Waals surface area contributed by atoms with Crippen LogP contribution < -0.4 is 5.32 Å². The minimum Gasteiger partial charge on any atom is -0.480 e. The number of aliphatic carboxylic acids is 1. The summed E-state index contributed by atoms with van der Waals surface area (Å²) in [5.74, 6) is -1.31. The Morgan fingerprint density at radius 1 is 1.33 bits per heavy atom. The molecule has 0 aliphatic carbocycles. The molecular formula is C9H17NO5. The Morgan fingerprint density at radius 2 is 1.80 bits per heavy atom. The van der Waals surface area contributed by atoms with Crippen LogP contribution in [0.3, 0.4) is 0 Å². The van der Waals surface area contributed by atoms with Gasteiger partial charge in [-0.15, -0.1) is 0 Å². The number of nitrogens with one attached hydrogen (secondary N) is 1. The summed E-state index contributed by atoms with van der Waals surface area (Å²) >= 11 is 0. The Hall–Kier alpha value is -1.30. The van der Waals surface area contributed by atoms with Gasteiger partial charge in [-0.25, -0.2) is 9.59 Å². The second kappa shape index (κ2) is 4.97. The predicted octanol–water partition coefficient (Wildman–Crippen LogP) is 0.345. The van der Waals surface area contributed by atoms with Crippen LogP contribution in [0, 0.1) is 0 Å². The number of carbonyl (C=O) groups is 2. The summed E-state index contributed by atoms with van der Waals surface area (Å²) in [6.45, 7) is 6.25. The predicted molar refractivity (Wildman–Crippen MR) is 52.5 cm³/mol. The van der Waals surface area contributed by atoms with E-state index >= 15 is 0 Å². The zero-order valence-electron chi connectivity index (χ0n) is 9.27. The minimum absolute atomic E-state index is 0.703. The van der Waals surface area contributed by atoms with Gasteiger partial charge in [0, 0.05) is 0 Å². The second-order valence-electron chi connectivity index (χ2n) is 4.20. The molecule has 0 aromatic rings. The van der Waals surface area contributed by atoms with Crippen molar-refractivity contribution in [2.45, 2.75) is 45.4 Å². The van der Waals surface area contributed by atoms with E-state index in [1.165, 1.54) is 6.92 Å². The normalized spacial score (nSPS) is 15.3. The first-order valence-corrected chi connectivity index (χ1v) is 4.54. The Balaban J connectivity index is 4.31. The van der Waals surface area contributed by atoms with Crippen molar-refractivity contribution in [2.24, 2.45) is 0 Å². The number of aliphatic hydroxyl groups excluding tert-OH is 1. The molecule has 88 valence electrons. The zero-order valence-corrected chi connectivity index (χ0v) is 9.27. The summed E-state index contributed by atoms with van der Waals surface area (Å²) in [5, 5.41) is 19.8. The number of hydrogen-bond donors (Lipinski definition) is 3. The van der Waals surface area contributed by atoms with Crippen LogP contribution in [0.25, 0.3) is 0 Å². The average Bonchev–Trinajstić information content (AvgIpc) is 1.95. The number of rotatable bonds is 3. The number of alkyl carbamates (subject to hydrolysis) is 1. The maximum absolute atomic E-state index is 11.2. The largest absolute Gasteiger partial charge is 0.480 e. The molecule has 1 unspecified atom stereocenters. The van der Waals surface area contributed by atoms with Crippen molar-refractivity contribution in [2.75, 3.05) is 0 Å². The number of amides is 1. The first-order chi connectivity index (χ1) is 6.63. The molecule has 0 aromatic carbocycles. The molecule has 1 amide bonds. The van der Waals surface area contributed by atoms with Crippen LogP contribution in [0.2, 0.25) is 0 Å². The Kier molecular flexibility index (Phi) is 4.54. The number of hydrogen-bond acceptors (Lipinski definition) is 4. The first kappa shape index (κ1) is 13.7. The minimum atomic E-state index is -1.36. The van der Waals surface area contributed by atoms with Gasteiger partial charge in [-0.3, -0.25) is 0 Å². The molecule has 3 N–H and O–H groups in total. The van der Waals surface area contributed by atoms with Gasteiger partial charge < -0.3 is 20.3 Å². The lowest BCUT2D eigenvalue weighted by Crippen LogP contribution is -2.49. The van der Waals surface area contributed by atoms with Gasteiger partial charge in [-0.2, -0.15) is 0 Å². The van der Waals surface area contributed by atoms with Crippen molar-refractivity contribution in [3.05, 3.63) is 0 Å². The van der Waals surface area contributed by atoms with Gasteiger partial charge in [0.15, 0.2) is 6.04 Å². The Morgan fingerprint density at radius 3 is 2.07 bits per heavy atom. The van der Waals surface area contributed by atoms with Crippen molar-refractivity contribution >= 4 is 12.1 Å². The number of carbonyl (C=O) groups excluding carboxylic acids is 1. The molecule has 0 bridgehead atoms. The van der Waals surface area contributed by atoms with Crippen molar-refractivity contribution in [3.63, 3.8) is 0 Å². The quantitative estimate of drug-likeness (QED) is 0.636. The van der Waals surface area contributed by atoms with E-state index in [2.05, 4.69) is 5.32 Å². The summed E-state index contributed by atoms with van der Waals surface area (Å²) in [5.41, 5.74) is -0.703. The lowest BCUT2D eigenvalue weighted by molar-refractivity contribution is -0.142. The molecule has 0 aliphatic heterocycles. The van der Waals surface area contributed by atoms with E-state index < -0.39 is 29.8 Å². The third-order valence-corrected chi connectivity index (χ3v) is 1.42. The molecule has 0 saturated carbocycles. The molecule has 6 heteroatoms. The molecule has 0 spiro atoms. The molecule has 15 heavy (non-hydrogen) atoms. The molecule has 0 fully saturated rings. The van der Waals surface area contributed by atoms with Gasteiger partial charge in [0.2, 0.25) is 0 Å². The molecule has 6 nitrogen and oxygen atoms in total. The van der Waals surface area contributed by atoms with Gasteiger partial charge in [0.25, 0.3) is 0 Å². The van der Waals surface area contributed by atoms with Crippen LogP contribution >= 0.6 is 0 Å². The summed E-state index contributed by atoms with van der Waals surface area (Å²) in [4.78, 5) is 21.8. The Bertz CT molecular complexity index is 243. The van der Waals surface area contributed by atoms with Crippen LogP contribution in [-0.4, -0.2) is 40.0 Å². The fraction of sp³-hybridized carbons (Fsp3) is 0.778. The van der Waals surface area contributed by atoms with Gasteiger partial charge in [0.1, 0.15) is 5.60 Å². The van der Waals surface area contributed by atoms with Crippen LogP contribution in [0.15, 0.2) is 0 Å². The second-order valence-corrected chi connectivity index (χ2v) is 4.20. The van der Waals surface area contributed by atoms with E-state index in [4.69, 9.17) is 14.9 Å². The number of carboxylic acid groups (broad SMARTS) is 1. The zero-order chi connectivity index (χ0) is 12.2. The summed E-state index contributed by atoms with van der Waals surface area (Å²) in [6.07, 6.45) is -2.05. The topological polar surface area (TPSA) is 95.9 Å². The van der Waals surface area contributed by atoms with Crippen molar-refractivity contribution in [1.29, 1.82) is 0 Å². The lowest BCUT2D eigenvalue weighted by Gasteiger charge is -2.22. The van der Waals surface area contributed by atoms with Gasteiger partial charge >= 0.3 is 12.1 Å². The molecule has 0 heterocycles. The van der Waals surface area contributed by atoms with E-state index in [0.29, 0.717) is 0 Å². The Labute approximate surface area is 88.2 Å². The maximum atomic E-state index is 11.2. The van der Waals surface area contributed by atoms with Crippen LogP contribution in [0.5, 0.6) is 0 Å². The average molecular weight is 219 g/mol. The van der Waals surface area contributed by atoms with Crippen molar-refractivity contribution in [3.8, 4) is 0 Å². The van der Waals surface area contributed by atoms with Crippen molar-refractivity contribution < 1.29 is 24.5 Å². The monoisotopic (exact) mass is 219 g/mol. The highest BCUT2D eigenvalue weighted by atomic mass is 16.6. The summed E-state index contributed by atoms with van der Waals surface area (Å²) in [7, 11) is 0. The molecule has 0 radical (unpaired) electrons. The molecule has 0 rings (SSSR count). The van der Waals surface area contributed by atoms with Crippen molar-refractivity contribution in [1.82, 2.24) is 5.32 Å². The van der Waals surface area contributed by atoms with Gasteiger partial charge in [0.05, 0.1) is 6.10 Å². The third-order valence-electron chi connectivity index (χ3n) is 1.42. The number of carboxylic acids is 1. The first-order valence-electron chi connectivity index (χ1n) is 4.54. The lowest BCUT2D eigenvalue weighted by atomic mass is 10.2. The molecule has 0 saturated heterocycles. The van der Waals surface area contributed by atoms with E-state index in [9.17, 15) is 9.59 Å².